The summed E-state index contributed by atoms with van der Waals surface area (Å²) < 4.78 is 2.19. The number of imidazole rings is 1. The van der Waals surface area contributed by atoms with Gasteiger partial charge >= 0.3 is 0 Å². The van der Waals surface area contributed by atoms with Crippen LogP contribution < -0.4 is 0 Å². The number of hydrogen-bond donors (Lipinski definition) is 0. The standard InChI is InChI=1S/C20H29N5OS/c1-23(18-6-2-3-7-18)13-19(26)24-9-4-5-16(11-24)20-21-8-10-25(20)12-17-14-27-15-22-17/h8,10,14-16,18H,2-7,9,11-13H2,1H3. The summed E-state index contributed by atoms with van der Waals surface area (Å²) in [6.07, 6.45) is 11.1. The fourth-order valence-electron chi connectivity index (χ4n) is 4.51. The van der Waals surface area contributed by atoms with Crippen LogP contribution in [-0.2, 0) is 11.3 Å². The van der Waals surface area contributed by atoms with E-state index >= 15 is 0 Å². The van der Waals surface area contributed by atoms with Crippen molar-refractivity contribution in [2.75, 3.05) is 26.7 Å². The number of carbonyl (C=O) groups is 1. The molecule has 2 aromatic heterocycles. The Morgan fingerprint density at radius 1 is 1.26 bits per heavy atom. The first-order valence-corrected chi connectivity index (χ1v) is 11.0. The molecule has 2 fully saturated rings. The minimum atomic E-state index is 0.270. The van der Waals surface area contributed by atoms with Crippen LogP contribution in [-0.4, -0.2) is 63.0 Å². The third-order valence-electron chi connectivity index (χ3n) is 6.04. The molecule has 1 saturated heterocycles. The van der Waals surface area contributed by atoms with Gasteiger partial charge in [0.15, 0.2) is 0 Å². The van der Waals surface area contributed by atoms with Gasteiger partial charge in [-0.15, -0.1) is 11.3 Å². The number of likely N-dealkylation sites (N-methyl/N-ethyl adjacent to an activating group) is 1. The smallest absolute Gasteiger partial charge is 0.236 e. The number of carbonyl (C=O) groups excluding carboxylic acids is 1. The maximum absolute atomic E-state index is 12.9. The molecule has 27 heavy (non-hydrogen) atoms. The molecule has 146 valence electrons. The van der Waals surface area contributed by atoms with Crippen molar-refractivity contribution in [2.24, 2.45) is 0 Å². The number of aromatic nitrogens is 3. The predicted molar refractivity (Wildman–Crippen MR) is 107 cm³/mol. The van der Waals surface area contributed by atoms with E-state index < -0.39 is 0 Å². The van der Waals surface area contributed by atoms with Crippen molar-refractivity contribution < 1.29 is 4.79 Å². The highest BCUT2D eigenvalue weighted by Gasteiger charge is 2.29. The zero-order chi connectivity index (χ0) is 18.6. The van der Waals surface area contributed by atoms with Crippen LogP contribution in [0.3, 0.4) is 0 Å². The molecule has 0 spiro atoms. The number of piperidine rings is 1. The molecule has 0 radical (unpaired) electrons. The molecular formula is C20H29N5OS. The molecule has 1 atom stereocenters. The first-order valence-electron chi connectivity index (χ1n) is 10.1. The van der Waals surface area contributed by atoms with Gasteiger partial charge < -0.3 is 9.47 Å². The van der Waals surface area contributed by atoms with E-state index in [9.17, 15) is 4.79 Å². The maximum atomic E-state index is 12.9. The molecule has 0 aromatic carbocycles. The third-order valence-corrected chi connectivity index (χ3v) is 6.67. The van der Waals surface area contributed by atoms with Gasteiger partial charge in [0.2, 0.25) is 5.91 Å². The van der Waals surface area contributed by atoms with Crippen molar-refractivity contribution >= 4 is 17.2 Å². The average Bonchev–Trinajstić information content (AvgIpc) is 3.45. The number of hydrogen-bond acceptors (Lipinski definition) is 5. The highest BCUT2D eigenvalue weighted by molar-refractivity contribution is 7.07. The Morgan fingerprint density at radius 3 is 2.89 bits per heavy atom. The van der Waals surface area contributed by atoms with Gasteiger partial charge in [0.25, 0.3) is 0 Å². The second-order valence-electron chi connectivity index (χ2n) is 7.93. The summed E-state index contributed by atoms with van der Waals surface area (Å²) >= 11 is 1.62. The lowest BCUT2D eigenvalue weighted by molar-refractivity contribution is -0.133. The summed E-state index contributed by atoms with van der Waals surface area (Å²) in [5.74, 6) is 1.67. The van der Waals surface area contributed by atoms with Gasteiger partial charge in [-0.25, -0.2) is 9.97 Å². The van der Waals surface area contributed by atoms with Crippen LogP contribution in [0.2, 0.25) is 0 Å². The molecule has 3 heterocycles. The second-order valence-corrected chi connectivity index (χ2v) is 8.64. The van der Waals surface area contributed by atoms with Gasteiger partial charge in [0.05, 0.1) is 24.3 Å². The van der Waals surface area contributed by atoms with Crippen LogP contribution in [0.15, 0.2) is 23.3 Å². The van der Waals surface area contributed by atoms with Crippen molar-refractivity contribution in [3.05, 3.63) is 34.8 Å². The van der Waals surface area contributed by atoms with Crippen molar-refractivity contribution in [3.63, 3.8) is 0 Å². The lowest BCUT2D eigenvalue weighted by Gasteiger charge is -2.34. The molecule has 2 aromatic rings. The summed E-state index contributed by atoms with van der Waals surface area (Å²) in [6, 6.07) is 0.589. The number of likely N-dealkylation sites (tertiary alicyclic amines) is 1. The summed E-state index contributed by atoms with van der Waals surface area (Å²) in [6.45, 7) is 2.96. The number of rotatable bonds is 6. The van der Waals surface area contributed by atoms with Gasteiger partial charge in [-0.05, 0) is 32.7 Å². The van der Waals surface area contributed by atoms with E-state index in [4.69, 9.17) is 0 Å². The van der Waals surface area contributed by atoms with Crippen molar-refractivity contribution in [2.45, 2.75) is 57.0 Å². The normalized spacial score (nSPS) is 21.3. The van der Waals surface area contributed by atoms with Crippen LogP contribution in [0.5, 0.6) is 0 Å². The lowest BCUT2D eigenvalue weighted by Crippen LogP contribution is -2.45. The molecule has 1 unspecified atom stereocenters. The van der Waals surface area contributed by atoms with Gasteiger partial charge in [-0.3, -0.25) is 9.69 Å². The quantitative estimate of drug-likeness (QED) is 0.765. The SMILES string of the molecule is CN(CC(=O)N1CCCC(c2nccn2Cc2cscn2)C1)C1CCCC1. The molecule has 1 aliphatic carbocycles. The van der Waals surface area contributed by atoms with Crippen molar-refractivity contribution in [1.82, 2.24) is 24.3 Å². The average molecular weight is 388 g/mol. The first kappa shape index (κ1) is 18.6. The van der Waals surface area contributed by atoms with Crippen LogP contribution >= 0.6 is 11.3 Å². The molecule has 7 heteroatoms. The fraction of sp³-hybridized carbons (Fsp3) is 0.650. The van der Waals surface area contributed by atoms with Gasteiger partial charge in [-0.2, -0.15) is 0 Å². The molecule has 0 bridgehead atoms. The van der Waals surface area contributed by atoms with Gasteiger partial charge in [0, 0.05) is 42.8 Å². The number of amides is 1. The van der Waals surface area contributed by atoms with Gasteiger partial charge in [-0.1, -0.05) is 12.8 Å². The predicted octanol–water partition coefficient (Wildman–Crippen LogP) is 2.97. The Bertz CT molecular complexity index is 737. The van der Waals surface area contributed by atoms with Crippen LogP contribution in [0.25, 0.3) is 0 Å². The highest BCUT2D eigenvalue weighted by atomic mass is 32.1. The van der Waals surface area contributed by atoms with Crippen LogP contribution in [0.4, 0.5) is 0 Å². The third kappa shape index (κ3) is 4.41. The molecule has 2 aliphatic rings. The number of thiazole rings is 1. The molecular weight excluding hydrogens is 358 g/mol. The molecule has 1 saturated carbocycles. The Hall–Kier alpha value is -1.73. The highest BCUT2D eigenvalue weighted by Crippen LogP contribution is 2.27. The van der Waals surface area contributed by atoms with E-state index in [1.54, 1.807) is 11.3 Å². The molecule has 6 nitrogen and oxygen atoms in total. The largest absolute Gasteiger partial charge is 0.341 e. The van der Waals surface area contributed by atoms with E-state index in [2.05, 4.69) is 36.8 Å². The minimum absolute atomic E-state index is 0.270. The Balaban J connectivity index is 1.38. The molecule has 4 rings (SSSR count). The van der Waals surface area contributed by atoms with Crippen LogP contribution in [0.1, 0.15) is 56.0 Å². The summed E-state index contributed by atoms with van der Waals surface area (Å²) in [5, 5.41) is 2.08. The van der Waals surface area contributed by atoms with E-state index in [0.717, 1.165) is 44.0 Å². The van der Waals surface area contributed by atoms with Gasteiger partial charge in [0.1, 0.15) is 5.82 Å². The zero-order valence-electron chi connectivity index (χ0n) is 16.1. The zero-order valence-corrected chi connectivity index (χ0v) is 16.9. The van der Waals surface area contributed by atoms with Crippen molar-refractivity contribution in [3.8, 4) is 0 Å². The molecule has 1 amide bonds. The monoisotopic (exact) mass is 387 g/mol. The summed E-state index contributed by atoms with van der Waals surface area (Å²) in [4.78, 5) is 26.2. The first-order chi connectivity index (χ1) is 13.2. The Morgan fingerprint density at radius 2 is 2.11 bits per heavy atom. The van der Waals surface area contributed by atoms with Crippen molar-refractivity contribution in [1.29, 1.82) is 0 Å². The summed E-state index contributed by atoms with van der Waals surface area (Å²) in [5.41, 5.74) is 2.94. The van der Waals surface area contributed by atoms with Crippen LogP contribution in [0, 0.1) is 0 Å². The van der Waals surface area contributed by atoms with E-state index in [0.29, 0.717) is 18.5 Å². The number of nitrogens with zero attached hydrogens (tertiary/aromatic N) is 5. The Kier molecular flexibility index (Phi) is 5.88. The minimum Gasteiger partial charge on any atom is -0.341 e. The molecule has 0 N–H and O–H groups in total. The fourth-order valence-corrected chi connectivity index (χ4v) is 5.06. The topological polar surface area (TPSA) is 54.3 Å². The maximum Gasteiger partial charge on any atom is 0.236 e. The van der Waals surface area contributed by atoms with E-state index in [1.165, 1.54) is 25.7 Å². The summed E-state index contributed by atoms with van der Waals surface area (Å²) in [7, 11) is 2.11. The molecule has 1 aliphatic heterocycles. The Labute approximate surface area is 165 Å². The lowest BCUT2D eigenvalue weighted by atomic mass is 9.97. The van der Waals surface area contributed by atoms with E-state index in [1.807, 2.05) is 17.9 Å². The second kappa shape index (κ2) is 8.52. The van der Waals surface area contributed by atoms with E-state index in [-0.39, 0.29) is 5.91 Å².